The third-order valence-corrected chi connectivity index (χ3v) is 4.37. The molecule has 0 N–H and O–H groups in total. The quantitative estimate of drug-likeness (QED) is 0.510. The molecule has 3 aromatic rings. The van der Waals surface area contributed by atoms with E-state index in [1.807, 2.05) is 0 Å². The highest BCUT2D eigenvalue weighted by molar-refractivity contribution is 6.30. The normalized spacial score (nSPS) is 11.0. The number of methoxy groups -OCH3 is 1. The summed E-state index contributed by atoms with van der Waals surface area (Å²) < 4.78 is 51.9. The summed E-state index contributed by atoms with van der Waals surface area (Å²) in [5.41, 5.74) is -2.23. The van der Waals surface area contributed by atoms with Crippen LogP contribution in [0.4, 0.5) is 13.2 Å². The molecule has 0 saturated carbocycles. The van der Waals surface area contributed by atoms with Gasteiger partial charge in [-0.25, -0.2) is 0 Å². The molecule has 0 unspecified atom stereocenters. The molecule has 0 spiro atoms. The largest absolute Gasteiger partial charge is 0.480 e. The molecule has 164 valence electrons. The van der Waals surface area contributed by atoms with Crippen LogP contribution in [0.1, 0.15) is 27.2 Å². The van der Waals surface area contributed by atoms with Gasteiger partial charge in [-0.05, 0) is 30.3 Å². The van der Waals surface area contributed by atoms with Crippen LogP contribution in [0.3, 0.4) is 0 Å². The molecule has 2 aromatic heterocycles. The number of hydrogen-bond acceptors (Lipinski definition) is 7. The van der Waals surface area contributed by atoms with Crippen LogP contribution in [-0.4, -0.2) is 28.2 Å². The number of hydrogen-bond donors (Lipinski definition) is 0. The number of pyridine rings is 1. The minimum atomic E-state index is -4.90. The van der Waals surface area contributed by atoms with Crippen molar-refractivity contribution in [3.05, 3.63) is 74.3 Å². The third-order valence-electron chi connectivity index (χ3n) is 4.15. The number of benzene rings is 1. The molecular formula is C20H12ClF3N4O4. The van der Waals surface area contributed by atoms with Crippen molar-refractivity contribution in [2.24, 2.45) is 0 Å². The summed E-state index contributed by atoms with van der Waals surface area (Å²) in [6, 6.07) is 7.37. The first-order chi connectivity index (χ1) is 15.2. The number of aldehydes is 1. The fraction of sp³-hybridized carbons (Fsp3) is 0.150. The summed E-state index contributed by atoms with van der Waals surface area (Å²) in [4.78, 5) is 23.9. The van der Waals surface area contributed by atoms with E-state index >= 15 is 0 Å². The molecule has 12 heteroatoms. The summed E-state index contributed by atoms with van der Waals surface area (Å²) in [7, 11) is 1.28. The van der Waals surface area contributed by atoms with Crippen molar-refractivity contribution in [3.63, 3.8) is 0 Å². The summed E-state index contributed by atoms with van der Waals surface area (Å²) in [5, 5.41) is 16.4. The molecule has 0 amide bonds. The predicted octanol–water partition coefficient (Wildman–Crippen LogP) is 3.84. The number of ether oxygens (including phenoxy) is 2. The van der Waals surface area contributed by atoms with E-state index in [2.05, 4.69) is 10.2 Å². The summed E-state index contributed by atoms with van der Waals surface area (Å²) in [6.07, 6.45) is -3.55. The minimum absolute atomic E-state index is 0.0154. The Hall–Kier alpha value is -3.91. The van der Waals surface area contributed by atoms with Gasteiger partial charge in [0.1, 0.15) is 17.0 Å². The van der Waals surface area contributed by atoms with E-state index in [0.29, 0.717) is 12.4 Å². The second kappa shape index (κ2) is 9.07. The number of rotatable bonds is 6. The van der Waals surface area contributed by atoms with Gasteiger partial charge >= 0.3 is 6.18 Å². The topological polar surface area (TPSA) is 107 Å². The highest BCUT2D eigenvalue weighted by Crippen LogP contribution is 2.36. The molecule has 32 heavy (non-hydrogen) atoms. The van der Waals surface area contributed by atoms with Gasteiger partial charge in [0.05, 0.1) is 25.3 Å². The van der Waals surface area contributed by atoms with Gasteiger partial charge in [-0.2, -0.15) is 18.4 Å². The number of nitrogens with zero attached hydrogens (tertiary/aromatic N) is 4. The van der Waals surface area contributed by atoms with Crippen molar-refractivity contribution in [1.29, 1.82) is 5.26 Å². The van der Waals surface area contributed by atoms with Crippen molar-refractivity contribution in [2.45, 2.75) is 12.7 Å². The summed E-state index contributed by atoms with van der Waals surface area (Å²) >= 11 is 5.87. The van der Waals surface area contributed by atoms with E-state index in [1.165, 1.54) is 25.3 Å². The van der Waals surface area contributed by atoms with Crippen LogP contribution in [0.5, 0.6) is 17.4 Å². The van der Waals surface area contributed by atoms with Gasteiger partial charge in [0.2, 0.25) is 11.6 Å². The first kappa shape index (κ1) is 22.8. The van der Waals surface area contributed by atoms with Crippen LogP contribution < -0.4 is 15.0 Å². The van der Waals surface area contributed by atoms with Crippen molar-refractivity contribution in [3.8, 4) is 23.4 Å². The molecule has 3 rings (SSSR count). The Kier molecular flexibility index (Phi) is 6.45. The van der Waals surface area contributed by atoms with Crippen LogP contribution in [0.25, 0.3) is 0 Å². The number of carbonyl (C=O) groups excluding carboxylic acids is 1. The Morgan fingerprint density at radius 3 is 2.62 bits per heavy atom. The molecular weight excluding hydrogens is 453 g/mol. The highest BCUT2D eigenvalue weighted by atomic mass is 35.5. The third kappa shape index (κ3) is 4.87. The number of halogens is 4. The summed E-state index contributed by atoms with van der Waals surface area (Å²) in [6.45, 7) is -0.286. The Balaban J connectivity index is 2.12. The second-order valence-electron chi connectivity index (χ2n) is 6.30. The average Bonchev–Trinajstić information content (AvgIpc) is 2.75. The molecule has 1 aromatic carbocycles. The van der Waals surface area contributed by atoms with Crippen molar-refractivity contribution in [1.82, 2.24) is 14.8 Å². The minimum Gasteiger partial charge on any atom is -0.480 e. The maximum atomic E-state index is 13.5. The van der Waals surface area contributed by atoms with Gasteiger partial charge in [-0.3, -0.25) is 9.59 Å². The molecule has 0 fully saturated rings. The van der Waals surface area contributed by atoms with Crippen LogP contribution in [0.2, 0.25) is 5.02 Å². The fourth-order valence-electron chi connectivity index (χ4n) is 2.77. The second-order valence-corrected chi connectivity index (χ2v) is 6.74. The molecule has 2 heterocycles. The van der Waals surface area contributed by atoms with Crippen LogP contribution in [0, 0.1) is 11.3 Å². The first-order valence-corrected chi connectivity index (χ1v) is 9.09. The lowest BCUT2D eigenvalue weighted by molar-refractivity contribution is -0.138. The van der Waals surface area contributed by atoms with E-state index in [1.54, 1.807) is 6.07 Å². The maximum Gasteiger partial charge on any atom is 0.420 e. The fourth-order valence-corrected chi connectivity index (χ4v) is 2.99. The number of carbonyl (C=O) groups is 1. The van der Waals surface area contributed by atoms with Crippen molar-refractivity contribution < 1.29 is 27.4 Å². The number of alkyl halides is 3. The van der Waals surface area contributed by atoms with Gasteiger partial charge < -0.3 is 14.0 Å². The molecule has 8 nitrogen and oxygen atoms in total. The summed E-state index contributed by atoms with van der Waals surface area (Å²) in [5.74, 6) is -1.25. The molecule has 0 aliphatic carbocycles. The van der Waals surface area contributed by atoms with E-state index in [-0.39, 0.29) is 40.0 Å². The zero-order chi connectivity index (χ0) is 23.5. The molecule has 0 aliphatic heterocycles. The van der Waals surface area contributed by atoms with E-state index in [9.17, 15) is 22.8 Å². The lowest BCUT2D eigenvalue weighted by Crippen LogP contribution is -2.25. The van der Waals surface area contributed by atoms with Crippen LogP contribution >= 0.6 is 11.6 Å². The zero-order valence-electron chi connectivity index (χ0n) is 16.2. The molecule has 0 saturated heterocycles. The Morgan fingerprint density at radius 2 is 2.00 bits per heavy atom. The van der Waals surface area contributed by atoms with Gasteiger partial charge in [0.15, 0.2) is 6.29 Å². The first-order valence-electron chi connectivity index (χ1n) is 8.71. The lowest BCUT2D eigenvalue weighted by Gasteiger charge is -2.16. The Bertz CT molecular complexity index is 1290. The predicted molar refractivity (Wildman–Crippen MR) is 105 cm³/mol. The Morgan fingerprint density at radius 1 is 1.25 bits per heavy atom. The average molecular weight is 465 g/mol. The molecule has 0 atom stereocenters. The Labute approximate surface area is 183 Å². The molecule has 0 radical (unpaired) electrons. The van der Waals surface area contributed by atoms with Gasteiger partial charge in [-0.15, -0.1) is 10.2 Å². The molecule has 0 bridgehead atoms. The van der Waals surface area contributed by atoms with E-state index in [4.69, 9.17) is 26.3 Å². The lowest BCUT2D eigenvalue weighted by atomic mass is 10.2. The van der Waals surface area contributed by atoms with Gasteiger partial charge in [-0.1, -0.05) is 11.6 Å². The van der Waals surface area contributed by atoms with Crippen molar-refractivity contribution >= 4 is 17.9 Å². The number of aromatic nitrogens is 3. The van der Waals surface area contributed by atoms with Crippen LogP contribution in [-0.2, 0) is 12.7 Å². The standard InChI is InChI=1S/C20H12ClF3N4O4/c1-31-18-12(6-14(10-29)26-27-18)9-28-3-2-16(20(22,23)24)17(19(28)30)32-15-5-11(8-25)4-13(21)7-15/h2-7,10H,9H2,1H3. The van der Waals surface area contributed by atoms with E-state index in [0.717, 1.165) is 16.8 Å². The smallest absolute Gasteiger partial charge is 0.420 e. The van der Waals surface area contributed by atoms with Gasteiger partial charge in [0.25, 0.3) is 5.56 Å². The molecule has 0 aliphatic rings. The number of nitriles is 1. The maximum absolute atomic E-state index is 13.5. The van der Waals surface area contributed by atoms with Crippen LogP contribution in [0.15, 0.2) is 41.3 Å². The van der Waals surface area contributed by atoms with Crippen molar-refractivity contribution in [2.75, 3.05) is 7.11 Å². The van der Waals surface area contributed by atoms with E-state index < -0.39 is 23.0 Å². The van der Waals surface area contributed by atoms with Gasteiger partial charge in [0, 0.05) is 16.8 Å². The SMILES string of the molecule is COc1nnc(C=O)cc1Cn1ccc(C(F)(F)F)c(Oc2cc(Cl)cc(C#N)c2)c1=O. The highest BCUT2D eigenvalue weighted by Gasteiger charge is 2.36. The zero-order valence-corrected chi connectivity index (χ0v) is 16.9. The monoisotopic (exact) mass is 464 g/mol.